The molecule has 5 heteroatoms. The first-order valence-corrected chi connectivity index (χ1v) is 6.67. The molecule has 4 nitrogen and oxygen atoms in total. The van der Waals surface area contributed by atoms with Crippen LogP contribution in [0.25, 0.3) is 0 Å². The fourth-order valence-electron chi connectivity index (χ4n) is 1.95. The molecule has 2 rings (SSSR count). The Morgan fingerprint density at radius 2 is 1.94 bits per heavy atom. The highest BCUT2D eigenvalue weighted by atomic mass is 79.9. The van der Waals surface area contributed by atoms with Gasteiger partial charge in [-0.25, -0.2) is 0 Å². The number of benzene rings is 1. The molecule has 0 aromatic heterocycles. The lowest BCUT2D eigenvalue weighted by molar-refractivity contribution is 0.0621. The van der Waals surface area contributed by atoms with E-state index in [0.29, 0.717) is 24.0 Å². The number of amides is 2. The van der Waals surface area contributed by atoms with Gasteiger partial charge in [-0.15, -0.1) is 0 Å². The third kappa shape index (κ3) is 2.33. The topological polar surface area (TPSA) is 57.6 Å². The Labute approximate surface area is 114 Å². The lowest BCUT2D eigenvalue weighted by Gasteiger charge is -2.15. The van der Waals surface area contributed by atoms with Gasteiger partial charge < -0.3 is 5.11 Å². The molecule has 0 spiro atoms. The Morgan fingerprint density at radius 3 is 2.61 bits per heavy atom. The lowest BCUT2D eigenvalue weighted by Crippen LogP contribution is -2.32. The third-order valence-electron chi connectivity index (χ3n) is 3.09. The van der Waals surface area contributed by atoms with Crippen molar-refractivity contribution in [1.82, 2.24) is 4.90 Å². The van der Waals surface area contributed by atoms with Crippen LogP contribution in [-0.2, 0) is 0 Å². The van der Waals surface area contributed by atoms with Crippen LogP contribution in [0, 0.1) is 0 Å². The molecule has 0 radical (unpaired) electrons. The maximum absolute atomic E-state index is 12.1. The fourth-order valence-corrected chi connectivity index (χ4v) is 2.31. The molecule has 0 bridgehead atoms. The van der Waals surface area contributed by atoms with Gasteiger partial charge in [0.1, 0.15) is 0 Å². The van der Waals surface area contributed by atoms with Crippen molar-refractivity contribution in [3.8, 4) is 0 Å². The maximum Gasteiger partial charge on any atom is 0.261 e. The Bertz CT molecular complexity index is 501. The van der Waals surface area contributed by atoms with Gasteiger partial charge in [0.25, 0.3) is 11.8 Å². The minimum atomic E-state index is -0.471. The van der Waals surface area contributed by atoms with Crippen LogP contribution in [-0.4, -0.2) is 34.5 Å². The Morgan fingerprint density at radius 1 is 1.28 bits per heavy atom. The number of aliphatic hydroxyl groups is 1. The first-order chi connectivity index (χ1) is 8.54. The zero-order valence-electron chi connectivity index (χ0n) is 10.0. The number of hydrogen-bond donors (Lipinski definition) is 1. The van der Waals surface area contributed by atoms with E-state index in [4.69, 9.17) is 0 Å². The quantitative estimate of drug-likeness (QED) is 0.867. The van der Waals surface area contributed by atoms with E-state index in [1.807, 2.05) is 6.92 Å². The number of imide groups is 1. The van der Waals surface area contributed by atoms with E-state index in [9.17, 15) is 14.7 Å². The van der Waals surface area contributed by atoms with Gasteiger partial charge in [0.2, 0.25) is 0 Å². The summed E-state index contributed by atoms with van der Waals surface area (Å²) in [6.45, 7) is 2.13. The van der Waals surface area contributed by atoms with Crippen molar-refractivity contribution in [2.24, 2.45) is 0 Å². The number of carbonyl (C=O) groups is 2. The second kappa shape index (κ2) is 5.20. The van der Waals surface area contributed by atoms with Crippen LogP contribution in [0.3, 0.4) is 0 Å². The second-order valence-electron chi connectivity index (χ2n) is 4.30. The lowest BCUT2D eigenvalue weighted by atomic mass is 10.1. The van der Waals surface area contributed by atoms with Gasteiger partial charge in [-0.3, -0.25) is 14.5 Å². The van der Waals surface area contributed by atoms with E-state index in [0.717, 1.165) is 4.47 Å². The van der Waals surface area contributed by atoms with Gasteiger partial charge >= 0.3 is 0 Å². The Hall–Kier alpha value is -1.20. The summed E-state index contributed by atoms with van der Waals surface area (Å²) in [7, 11) is 0. The summed E-state index contributed by atoms with van der Waals surface area (Å²) in [4.78, 5) is 25.3. The zero-order valence-corrected chi connectivity index (χ0v) is 11.6. The number of fused-ring (bicyclic) bond motifs is 1. The predicted molar refractivity (Wildman–Crippen MR) is 70.4 cm³/mol. The summed E-state index contributed by atoms with van der Waals surface area (Å²) in [6, 6.07) is 5.05. The highest BCUT2D eigenvalue weighted by Gasteiger charge is 2.35. The molecule has 0 saturated heterocycles. The van der Waals surface area contributed by atoms with Gasteiger partial charge in [-0.05, 0) is 31.0 Å². The summed E-state index contributed by atoms with van der Waals surface area (Å²) in [6.07, 6.45) is 0.568. The summed E-state index contributed by atoms with van der Waals surface area (Å²) in [5, 5.41) is 9.50. The largest absolute Gasteiger partial charge is 0.393 e. The molecule has 96 valence electrons. The van der Waals surface area contributed by atoms with E-state index in [2.05, 4.69) is 15.9 Å². The van der Waals surface area contributed by atoms with E-state index in [1.165, 1.54) is 4.90 Å². The van der Waals surface area contributed by atoms with Crippen LogP contribution in [0.5, 0.6) is 0 Å². The zero-order chi connectivity index (χ0) is 13.3. The fraction of sp³-hybridized carbons (Fsp3) is 0.385. The summed E-state index contributed by atoms with van der Waals surface area (Å²) in [5.41, 5.74) is 0.870. The molecule has 0 saturated carbocycles. The average Bonchev–Trinajstić information content (AvgIpc) is 2.59. The molecule has 1 aliphatic heterocycles. The molecule has 1 atom stereocenters. The number of aliphatic hydroxyl groups excluding tert-OH is 1. The number of rotatable bonds is 4. The molecule has 0 fully saturated rings. The minimum absolute atomic E-state index is 0.263. The predicted octanol–water partition coefficient (Wildman–Crippen LogP) is 2.21. The standard InChI is InChI=1S/C13H14BrNO3/c1-2-9(16)5-6-15-12(17)10-4-3-8(14)7-11(10)13(15)18/h3-4,7,9,16H,2,5-6H2,1H3. The minimum Gasteiger partial charge on any atom is -0.393 e. The molecule has 1 N–H and O–H groups in total. The highest BCUT2D eigenvalue weighted by Crippen LogP contribution is 2.26. The molecule has 1 aliphatic rings. The summed E-state index contributed by atoms with van der Waals surface area (Å²) in [5.74, 6) is -0.551. The summed E-state index contributed by atoms with van der Waals surface area (Å²) >= 11 is 3.28. The molecule has 1 aromatic carbocycles. The molecule has 1 heterocycles. The molecule has 2 amide bonds. The van der Waals surface area contributed by atoms with Crippen LogP contribution in [0.2, 0.25) is 0 Å². The van der Waals surface area contributed by atoms with E-state index in [-0.39, 0.29) is 18.4 Å². The second-order valence-corrected chi connectivity index (χ2v) is 5.22. The van der Waals surface area contributed by atoms with Crippen LogP contribution >= 0.6 is 15.9 Å². The van der Waals surface area contributed by atoms with Gasteiger partial charge in [0.15, 0.2) is 0 Å². The monoisotopic (exact) mass is 311 g/mol. The van der Waals surface area contributed by atoms with Crippen LogP contribution in [0.1, 0.15) is 40.5 Å². The van der Waals surface area contributed by atoms with Crippen molar-refractivity contribution in [3.05, 3.63) is 33.8 Å². The normalized spacial score (nSPS) is 16.1. The average molecular weight is 312 g/mol. The van der Waals surface area contributed by atoms with Crippen molar-refractivity contribution in [2.45, 2.75) is 25.9 Å². The van der Waals surface area contributed by atoms with Crippen molar-refractivity contribution in [3.63, 3.8) is 0 Å². The SMILES string of the molecule is CCC(O)CCN1C(=O)c2ccc(Br)cc2C1=O. The molecular formula is C13H14BrNO3. The molecule has 0 aliphatic carbocycles. The summed E-state index contributed by atoms with van der Waals surface area (Å²) < 4.78 is 0.776. The first-order valence-electron chi connectivity index (χ1n) is 5.88. The molecule has 1 unspecified atom stereocenters. The number of carbonyl (C=O) groups excluding carboxylic acids is 2. The van der Waals surface area contributed by atoms with E-state index >= 15 is 0 Å². The molecular weight excluding hydrogens is 298 g/mol. The van der Waals surface area contributed by atoms with Crippen LogP contribution < -0.4 is 0 Å². The Kier molecular flexibility index (Phi) is 3.82. The van der Waals surface area contributed by atoms with E-state index < -0.39 is 6.10 Å². The highest BCUT2D eigenvalue weighted by molar-refractivity contribution is 9.10. The van der Waals surface area contributed by atoms with Gasteiger partial charge in [-0.2, -0.15) is 0 Å². The van der Waals surface area contributed by atoms with Crippen molar-refractivity contribution < 1.29 is 14.7 Å². The molecule has 18 heavy (non-hydrogen) atoms. The van der Waals surface area contributed by atoms with Gasteiger partial charge in [0, 0.05) is 11.0 Å². The van der Waals surface area contributed by atoms with Gasteiger partial charge in [0.05, 0.1) is 17.2 Å². The first kappa shape index (κ1) is 13.2. The van der Waals surface area contributed by atoms with Crippen molar-refractivity contribution >= 4 is 27.7 Å². The van der Waals surface area contributed by atoms with Crippen molar-refractivity contribution in [1.29, 1.82) is 0 Å². The smallest absolute Gasteiger partial charge is 0.261 e. The third-order valence-corrected chi connectivity index (χ3v) is 3.58. The Balaban J connectivity index is 2.18. The van der Waals surface area contributed by atoms with Crippen LogP contribution in [0.15, 0.2) is 22.7 Å². The van der Waals surface area contributed by atoms with Gasteiger partial charge in [-0.1, -0.05) is 22.9 Å². The maximum atomic E-state index is 12.1. The number of hydrogen-bond acceptors (Lipinski definition) is 3. The van der Waals surface area contributed by atoms with Crippen LogP contribution in [0.4, 0.5) is 0 Å². The van der Waals surface area contributed by atoms with E-state index in [1.54, 1.807) is 18.2 Å². The molecule has 1 aromatic rings. The number of halogens is 1. The number of nitrogens with zero attached hydrogens (tertiary/aromatic N) is 1. The van der Waals surface area contributed by atoms with Crippen molar-refractivity contribution in [2.75, 3.05) is 6.54 Å².